The zero-order valence-corrected chi connectivity index (χ0v) is 13.3. The van der Waals surface area contributed by atoms with Gasteiger partial charge in [-0.1, -0.05) is 25.1 Å². The van der Waals surface area contributed by atoms with E-state index < -0.39 is 0 Å². The van der Waals surface area contributed by atoms with E-state index in [1.807, 2.05) is 18.5 Å². The molecule has 2 aromatic rings. The first kappa shape index (κ1) is 15.5. The SMILES string of the molecule is CCCNC(c1cncc(C)c1)c1ccc(OC)c(C)c1. The smallest absolute Gasteiger partial charge is 0.121 e. The highest BCUT2D eigenvalue weighted by Crippen LogP contribution is 2.27. The Labute approximate surface area is 127 Å². The molecule has 0 saturated heterocycles. The van der Waals surface area contributed by atoms with E-state index in [2.05, 4.69) is 49.3 Å². The molecule has 1 aromatic carbocycles. The van der Waals surface area contributed by atoms with E-state index in [9.17, 15) is 0 Å². The molecule has 3 heteroatoms. The van der Waals surface area contributed by atoms with E-state index in [1.54, 1.807) is 7.11 Å². The number of methoxy groups -OCH3 is 1. The fourth-order valence-electron chi connectivity index (χ4n) is 2.53. The highest BCUT2D eigenvalue weighted by Gasteiger charge is 2.15. The molecular weight excluding hydrogens is 260 g/mol. The first-order chi connectivity index (χ1) is 10.2. The van der Waals surface area contributed by atoms with Crippen LogP contribution in [0.4, 0.5) is 0 Å². The summed E-state index contributed by atoms with van der Waals surface area (Å²) in [6.45, 7) is 7.31. The van der Waals surface area contributed by atoms with Crippen LogP contribution in [0, 0.1) is 13.8 Å². The Kier molecular flexibility index (Phi) is 5.34. The summed E-state index contributed by atoms with van der Waals surface area (Å²) in [5.41, 5.74) is 4.78. The molecule has 1 heterocycles. The highest BCUT2D eigenvalue weighted by atomic mass is 16.5. The molecule has 1 atom stereocenters. The molecule has 1 aromatic heterocycles. The van der Waals surface area contributed by atoms with Gasteiger partial charge in [-0.2, -0.15) is 0 Å². The Morgan fingerprint density at radius 3 is 2.57 bits per heavy atom. The fraction of sp³-hybridized carbons (Fsp3) is 0.389. The summed E-state index contributed by atoms with van der Waals surface area (Å²) in [5, 5.41) is 3.61. The number of pyridine rings is 1. The van der Waals surface area contributed by atoms with Crippen molar-refractivity contribution in [3.8, 4) is 5.75 Å². The van der Waals surface area contributed by atoms with Crippen LogP contribution in [0.25, 0.3) is 0 Å². The maximum atomic E-state index is 5.35. The van der Waals surface area contributed by atoms with Gasteiger partial charge in [-0.05, 0) is 55.1 Å². The van der Waals surface area contributed by atoms with E-state index in [-0.39, 0.29) is 6.04 Å². The van der Waals surface area contributed by atoms with Gasteiger partial charge in [0.1, 0.15) is 5.75 Å². The number of hydrogen-bond acceptors (Lipinski definition) is 3. The standard InChI is InChI=1S/C18H24N2O/c1-5-8-20-18(16-9-13(2)11-19-12-16)15-6-7-17(21-4)14(3)10-15/h6-7,9-12,18,20H,5,8H2,1-4H3. The normalized spacial score (nSPS) is 12.2. The molecule has 3 nitrogen and oxygen atoms in total. The molecule has 0 spiro atoms. The Morgan fingerprint density at radius 1 is 1.14 bits per heavy atom. The Balaban J connectivity index is 2.37. The van der Waals surface area contributed by atoms with Crippen LogP contribution in [0.2, 0.25) is 0 Å². The summed E-state index contributed by atoms with van der Waals surface area (Å²) in [6.07, 6.45) is 4.93. The molecule has 21 heavy (non-hydrogen) atoms. The number of hydrogen-bond donors (Lipinski definition) is 1. The minimum absolute atomic E-state index is 0.168. The summed E-state index contributed by atoms with van der Waals surface area (Å²) in [5.74, 6) is 0.926. The van der Waals surface area contributed by atoms with Gasteiger partial charge in [0.25, 0.3) is 0 Å². The molecule has 0 fully saturated rings. The second-order valence-corrected chi connectivity index (χ2v) is 5.41. The molecule has 1 N–H and O–H groups in total. The van der Waals surface area contributed by atoms with E-state index in [0.29, 0.717) is 0 Å². The molecule has 0 radical (unpaired) electrons. The second kappa shape index (κ2) is 7.23. The van der Waals surface area contributed by atoms with Crippen LogP contribution < -0.4 is 10.1 Å². The van der Waals surface area contributed by atoms with Crippen molar-refractivity contribution in [3.05, 3.63) is 58.9 Å². The summed E-state index contributed by atoms with van der Waals surface area (Å²) in [6, 6.07) is 8.71. The molecule has 0 aliphatic rings. The number of benzene rings is 1. The third-order valence-corrected chi connectivity index (χ3v) is 3.58. The quantitative estimate of drug-likeness (QED) is 0.876. The number of aryl methyl sites for hydroxylation is 2. The van der Waals surface area contributed by atoms with Crippen molar-refractivity contribution in [2.75, 3.05) is 13.7 Å². The molecule has 0 saturated carbocycles. The minimum atomic E-state index is 0.168. The molecule has 0 bridgehead atoms. The van der Waals surface area contributed by atoms with Gasteiger partial charge in [-0.3, -0.25) is 4.98 Å². The monoisotopic (exact) mass is 284 g/mol. The lowest BCUT2D eigenvalue weighted by molar-refractivity contribution is 0.411. The van der Waals surface area contributed by atoms with E-state index in [0.717, 1.165) is 24.3 Å². The first-order valence-electron chi connectivity index (χ1n) is 7.45. The summed E-state index contributed by atoms with van der Waals surface area (Å²) in [7, 11) is 1.71. The minimum Gasteiger partial charge on any atom is -0.496 e. The molecule has 1 unspecified atom stereocenters. The Morgan fingerprint density at radius 2 is 1.95 bits per heavy atom. The van der Waals surface area contributed by atoms with Crippen LogP contribution in [-0.4, -0.2) is 18.6 Å². The second-order valence-electron chi connectivity index (χ2n) is 5.41. The molecular formula is C18H24N2O. The van der Waals surface area contributed by atoms with Gasteiger partial charge < -0.3 is 10.1 Å². The van der Waals surface area contributed by atoms with Crippen LogP contribution in [-0.2, 0) is 0 Å². The topological polar surface area (TPSA) is 34.2 Å². The number of ether oxygens (including phenoxy) is 1. The van der Waals surface area contributed by atoms with Crippen molar-refractivity contribution in [3.63, 3.8) is 0 Å². The van der Waals surface area contributed by atoms with E-state index >= 15 is 0 Å². The van der Waals surface area contributed by atoms with Gasteiger partial charge in [-0.15, -0.1) is 0 Å². The van der Waals surface area contributed by atoms with E-state index in [4.69, 9.17) is 4.74 Å². The first-order valence-corrected chi connectivity index (χ1v) is 7.45. The lowest BCUT2D eigenvalue weighted by Crippen LogP contribution is -2.23. The van der Waals surface area contributed by atoms with Crippen molar-refractivity contribution in [2.45, 2.75) is 33.2 Å². The van der Waals surface area contributed by atoms with Gasteiger partial charge in [0.15, 0.2) is 0 Å². The van der Waals surface area contributed by atoms with Crippen molar-refractivity contribution in [2.24, 2.45) is 0 Å². The van der Waals surface area contributed by atoms with Gasteiger partial charge in [0, 0.05) is 12.4 Å². The predicted octanol–water partition coefficient (Wildman–Crippen LogP) is 3.80. The number of nitrogens with zero attached hydrogens (tertiary/aromatic N) is 1. The summed E-state index contributed by atoms with van der Waals surface area (Å²) in [4.78, 5) is 4.33. The van der Waals surface area contributed by atoms with Gasteiger partial charge in [0.2, 0.25) is 0 Å². The fourth-order valence-corrected chi connectivity index (χ4v) is 2.53. The third kappa shape index (κ3) is 3.82. The number of rotatable bonds is 6. The van der Waals surface area contributed by atoms with Gasteiger partial charge in [0.05, 0.1) is 13.2 Å². The third-order valence-electron chi connectivity index (χ3n) is 3.58. The van der Waals surface area contributed by atoms with Crippen molar-refractivity contribution < 1.29 is 4.74 Å². The van der Waals surface area contributed by atoms with Crippen molar-refractivity contribution in [1.82, 2.24) is 10.3 Å². The number of aromatic nitrogens is 1. The molecule has 0 aliphatic heterocycles. The van der Waals surface area contributed by atoms with E-state index in [1.165, 1.54) is 16.7 Å². The lowest BCUT2D eigenvalue weighted by atomic mass is 9.97. The van der Waals surface area contributed by atoms with Crippen LogP contribution in [0.15, 0.2) is 36.7 Å². The number of nitrogens with one attached hydrogen (secondary N) is 1. The Hall–Kier alpha value is -1.87. The summed E-state index contributed by atoms with van der Waals surface area (Å²) < 4.78 is 5.35. The average Bonchev–Trinajstić information content (AvgIpc) is 2.48. The average molecular weight is 284 g/mol. The lowest BCUT2D eigenvalue weighted by Gasteiger charge is -2.20. The predicted molar refractivity (Wildman–Crippen MR) is 86.8 cm³/mol. The van der Waals surface area contributed by atoms with Gasteiger partial charge in [-0.25, -0.2) is 0 Å². The van der Waals surface area contributed by atoms with Crippen LogP contribution in [0.5, 0.6) is 5.75 Å². The highest BCUT2D eigenvalue weighted by molar-refractivity contribution is 5.40. The zero-order valence-electron chi connectivity index (χ0n) is 13.3. The molecule has 112 valence electrons. The summed E-state index contributed by atoms with van der Waals surface area (Å²) >= 11 is 0. The van der Waals surface area contributed by atoms with Crippen LogP contribution >= 0.6 is 0 Å². The largest absolute Gasteiger partial charge is 0.496 e. The van der Waals surface area contributed by atoms with Crippen LogP contribution in [0.3, 0.4) is 0 Å². The zero-order chi connectivity index (χ0) is 15.2. The van der Waals surface area contributed by atoms with Crippen molar-refractivity contribution >= 4 is 0 Å². The van der Waals surface area contributed by atoms with Gasteiger partial charge >= 0.3 is 0 Å². The maximum Gasteiger partial charge on any atom is 0.121 e. The van der Waals surface area contributed by atoms with Crippen molar-refractivity contribution in [1.29, 1.82) is 0 Å². The molecule has 0 amide bonds. The maximum absolute atomic E-state index is 5.35. The Bertz CT molecular complexity index is 596. The molecule has 2 rings (SSSR count). The molecule has 0 aliphatic carbocycles. The van der Waals surface area contributed by atoms with Crippen LogP contribution in [0.1, 0.15) is 41.6 Å².